The van der Waals surface area contributed by atoms with E-state index in [0.717, 1.165) is 44.4 Å². The summed E-state index contributed by atoms with van der Waals surface area (Å²) in [5.41, 5.74) is 7.22. The molecular weight excluding hydrogens is 357 g/mol. The van der Waals surface area contributed by atoms with E-state index in [0.29, 0.717) is 0 Å². The van der Waals surface area contributed by atoms with Crippen molar-refractivity contribution in [3.8, 4) is 33.5 Å². The molecule has 0 fully saturated rings. The summed E-state index contributed by atoms with van der Waals surface area (Å²) in [4.78, 5) is 4.77. The molecular formula is C27H18FN. The van der Waals surface area contributed by atoms with E-state index in [1.807, 2.05) is 36.4 Å². The quantitative estimate of drug-likeness (QED) is 0.321. The van der Waals surface area contributed by atoms with Gasteiger partial charge in [0.15, 0.2) is 0 Å². The molecule has 1 nitrogen and oxygen atoms in total. The van der Waals surface area contributed by atoms with Crippen LogP contribution >= 0.6 is 0 Å². The summed E-state index contributed by atoms with van der Waals surface area (Å²) in [7, 11) is 0. The van der Waals surface area contributed by atoms with Crippen molar-refractivity contribution in [3.05, 3.63) is 115 Å². The third kappa shape index (κ3) is 3.53. The van der Waals surface area contributed by atoms with Crippen LogP contribution in [0.4, 0.5) is 4.39 Å². The number of halogens is 1. The summed E-state index contributed by atoms with van der Waals surface area (Å²) in [5, 5.41) is 1.14. The first-order chi connectivity index (χ1) is 14.3. The lowest BCUT2D eigenvalue weighted by Crippen LogP contribution is -1.86. The molecule has 0 aliphatic carbocycles. The van der Waals surface area contributed by atoms with Crippen molar-refractivity contribution >= 4 is 10.9 Å². The summed E-state index contributed by atoms with van der Waals surface area (Å²) in [5.74, 6) is -0.218. The fourth-order valence-electron chi connectivity index (χ4n) is 3.58. The number of nitrogens with zero attached hydrogens (tertiary/aromatic N) is 1. The van der Waals surface area contributed by atoms with Gasteiger partial charge in [-0.25, -0.2) is 9.37 Å². The second kappa shape index (κ2) is 7.33. The van der Waals surface area contributed by atoms with E-state index in [2.05, 4.69) is 54.6 Å². The lowest BCUT2D eigenvalue weighted by Gasteiger charge is -2.07. The van der Waals surface area contributed by atoms with E-state index < -0.39 is 0 Å². The molecule has 0 saturated heterocycles. The Hall–Kier alpha value is -3.78. The first-order valence-electron chi connectivity index (χ1n) is 9.59. The van der Waals surface area contributed by atoms with Gasteiger partial charge in [0.1, 0.15) is 5.82 Å². The van der Waals surface area contributed by atoms with Crippen LogP contribution in [0, 0.1) is 5.82 Å². The Morgan fingerprint density at radius 1 is 0.483 bits per heavy atom. The minimum absolute atomic E-state index is 0.218. The van der Waals surface area contributed by atoms with Gasteiger partial charge in [0.25, 0.3) is 0 Å². The fraction of sp³-hybridized carbons (Fsp3) is 0. The molecule has 2 heteroatoms. The molecule has 0 aliphatic rings. The van der Waals surface area contributed by atoms with Crippen molar-refractivity contribution in [1.29, 1.82) is 0 Å². The van der Waals surface area contributed by atoms with Crippen LogP contribution in [0.1, 0.15) is 0 Å². The highest BCUT2D eigenvalue weighted by atomic mass is 19.1. The molecule has 0 amide bonds. The topological polar surface area (TPSA) is 12.9 Å². The molecule has 0 saturated carbocycles. The van der Waals surface area contributed by atoms with Gasteiger partial charge in [0.2, 0.25) is 0 Å². The number of benzene rings is 4. The van der Waals surface area contributed by atoms with Gasteiger partial charge in [0, 0.05) is 10.9 Å². The Bertz CT molecular complexity index is 1290. The van der Waals surface area contributed by atoms with E-state index in [4.69, 9.17) is 4.98 Å². The van der Waals surface area contributed by atoms with Crippen molar-refractivity contribution < 1.29 is 4.39 Å². The second-order valence-electron chi connectivity index (χ2n) is 7.05. The van der Waals surface area contributed by atoms with Crippen molar-refractivity contribution in [3.63, 3.8) is 0 Å². The summed E-state index contributed by atoms with van der Waals surface area (Å²) < 4.78 is 13.5. The maximum absolute atomic E-state index is 13.5. The van der Waals surface area contributed by atoms with Gasteiger partial charge in [0.05, 0.1) is 11.2 Å². The SMILES string of the molecule is Fc1cccc(-c2ccc(-c3ccc(-c4ccc5ccccc5n4)cc3)cc2)c1. The average Bonchev–Trinajstić information content (AvgIpc) is 2.79. The molecule has 0 spiro atoms. The molecule has 0 aliphatic heterocycles. The highest BCUT2D eigenvalue weighted by molar-refractivity contribution is 5.82. The van der Waals surface area contributed by atoms with Gasteiger partial charge in [-0.15, -0.1) is 0 Å². The van der Waals surface area contributed by atoms with Crippen molar-refractivity contribution in [1.82, 2.24) is 4.98 Å². The number of fused-ring (bicyclic) bond motifs is 1. The predicted octanol–water partition coefficient (Wildman–Crippen LogP) is 7.37. The first-order valence-corrected chi connectivity index (χ1v) is 9.59. The van der Waals surface area contributed by atoms with Crippen molar-refractivity contribution in [2.75, 3.05) is 0 Å². The Morgan fingerprint density at radius 2 is 1.10 bits per heavy atom. The number of rotatable bonds is 3. The Morgan fingerprint density at radius 3 is 1.79 bits per heavy atom. The zero-order chi connectivity index (χ0) is 19.6. The molecule has 0 bridgehead atoms. The van der Waals surface area contributed by atoms with E-state index in [1.54, 1.807) is 12.1 Å². The zero-order valence-electron chi connectivity index (χ0n) is 15.7. The van der Waals surface area contributed by atoms with Crippen molar-refractivity contribution in [2.24, 2.45) is 0 Å². The highest BCUT2D eigenvalue weighted by Gasteiger charge is 2.04. The fourth-order valence-corrected chi connectivity index (χ4v) is 3.58. The maximum atomic E-state index is 13.5. The van der Waals surface area contributed by atoms with Crippen LogP contribution < -0.4 is 0 Å². The summed E-state index contributed by atoms with van der Waals surface area (Å²) in [6.45, 7) is 0. The van der Waals surface area contributed by atoms with Gasteiger partial charge < -0.3 is 0 Å². The molecule has 1 aromatic heterocycles. The average molecular weight is 375 g/mol. The third-order valence-electron chi connectivity index (χ3n) is 5.16. The Kier molecular flexibility index (Phi) is 4.38. The minimum Gasteiger partial charge on any atom is -0.248 e. The standard InChI is InChI=1S/C27H18FN/c28-25-6-3-5-24(18-25)21-10-8-19(9-11-21)20-12-14-23(15-13-20)27-17-16-22-4-1-2-7-26(22)29-27/h1-18H. The van der Waals surface area contributed by atoms with Crippen LogP contribution in [0.3, 0.4) is 0 Å². The minimum atomic E-state index is -0.218. The zero-order valence-corrected chi connectivity index (χ0v) is 15.7. The molecule has 5 aromatic rings. The molecule has 4 aromatic carbocycles. The molecule has 5 rings (SSSR count). The van der Waals surface area contributed by atoms with Gasteiger partial charge in [-0.3, -0.25) is 0 Å². The summed E-state index contributed by atoms with van der Waals surface area (Å²) in [6, 6.07) is 35.6. The van der Waals surface area contributed by atoms with E-state index in [1.165, 1.54) is 6.07 Å². The number of aromatic nitrogens is 1. The van der Waals surface area contributed by atoms with Crippen LogP contribution in [0.15, 0.2) is 109 Å². The molecule has 0 unspecified atom stereocenters. The molecule has 0 atom stereocenters. The van der Waals surface area contributed by atoms with Crippen LogP contribution in [0.5, 0.6) is 0 Å². The molecule has 138 valence electrons. The van der Waals surface area contributed by atoms with Crippen LogP contribution in [0.25, 0.3) is 44.4 Å². The van der Waals surface area contributed by atoms with Gasteiger partial charge >= 0.3 is 0 Å². The molecule has 29 heavy (non-hydrogen) atoms. The number of para-hydroxylation sites is 1. The van der Waals surface area contributed by atoms with E-state index >= 15 is 0 Å². The largest absolute Gasteiger partial charge is 0.248 e. The van der Waals surface area contributed by atoms with Crippen LogP contribution in [-0.4, -0.2) is 4.98 Å². The molecule has 0 radical (unpaired) electrons. The lowest BCUT2D eigenvalue weighted by atomic mass is 9.99. The molecule has 1 heterocycles. The van der Waals surface area contributed by atoms with Gasteiger partial charge in [-0.1, -0.05) is 84.9 Å². The number of hydrogen-bond acceptors (Lipinski definition) is 1. The Labute approximate surface area is 169 Å². The predicted molar refractivity (Wildman–Crippen MR) is 118 cm³/mol. The van der Waals surface area contributed by atoms with Crippen molar-refractivity contribution in [2.45, 2.75) is 0 Å². The molecule has 0 N–H and O–H groups in total. The summed E-state index contributed by atoms with van der Waals surface area (Å²) in [6.07, 6.45) is 0. The maximum Gasteiger partial charge on any atom is 0.123 e. The smallest absolute Gasteiger partial charge is 0.123 e. The number of hydrogen-bond donors (Lipinski definition) is 0. The highest BCUT2D eigenvalue weighted by Crippen LogP contribution is 2.28. The normalized spacial score (nSPS) is 10.9. The monoisotopic (exact) mass is 375 g/mol. The number of pyridine rings is 1. The lowest BCUT2D eigenvalue weighted by molar-refractivity contribution is 0.628. The van der Waals surface area contributed by atoms with E-state index in [-0.39, 0.29) is 5.82 Å². The van der Waals surface area contributed by atoms with Gasteiger partial charge in [-0.2, -0.15) is 0 Å². The summed E-state index contributed by atoms with van der Waals surface area (Å²) >= 11 is 0. The van der Waals surface area contributed by atoms with Gasteiger partial charge in [-0.05, 0) is 46.5 Å². The third-order valence-corrected chi connectivity index (χ3v) is 5.16. The van der Waals surface area contributed by atoms with E-state index in [9.17, 15) is 4.39 Å². The second-order valence-corrected chi connectivity index (χ2v) is 7.05. The Balaban J connectivity index is 1.42. The van der Waals surface area contributed by atoms with Crippen LogP contribution in [0.2, 0.25) is 0 Å². The first kappa shape index (κ1) is 17.3. The van der Waals surface area contributed by atoms with Crippen LogP contribution in [-0.2, 0) is 0 Å².